The molecule has 1 fully saturated rings. The summed E-state index contributed by atoms with van der Waals surface area (Å²) < 4.78 is 0.715. The molecule has 3 unspecified atom stereocenters. The molecule has 18 heavy (non-hydrogen) atoms. The maximum atomic E-state index is 12.4. The van der Waals surface area contributed by atoms with Gasteiger partial charge in [0.15, 0.2) is 0 Å². The number of amides is 2. The van der Waals surface area contributed by atoms with Crippen molar-refractivity contribution in [1.29, 1.82) is 0 Å². The summed E-state index contributed by atoms with van der Waals surface area (Å²) in [7, 11) is 0. The number of rotatable bonds is 5. The molecule has 1 N–H and O–H groups in total. The first-order valence-electron chi connectivity index (χ1n) is 6.36. The first kappa shape index (κ1) is 15.2. The quantitative estimate of drug-likeness (QED) is 0.844. The highest BCUT2D eigenvalue weighted by atomic mass is 79.9. The van der Waals surface area contributed by atoms with Crippen molar-refractivity contribution in [3.8, 4) is 0 Å². The maximum absolute atomic E-state index is 12.4. The minimum atomic E-state index is -0.405. The summed E-state index contributed by atoms with van der Waals surface area (Å²) in [4.78, 5) is 26.1. The van der Waals surface area contributed by atoms with Crippen molar-refractivity contribution in [3.63, 3.8) is 0 Å². The number of carbonyl (C=O) groups is 2. The third-order valence-corrected chi connectivity index (χ3v) is 3.72. The number of nitrogens with one attached hydrogen (secondary N) is 1. The lowest BCUT2D eigenvalue weighted by Crippen LogP contribution is -2.64. The molecule has 5 heteroatoms. The van der Waals surface area contributed by atoms with Crippen LogP contribution in [0.3, 0.4) is 0 Å². The predicted octanol–water partition coefficient (Wildman–Crippen LogP) is 2.05. The van der Waals surface area contributed by atoms with Gasteiger partial charge in [-0.05, 0) is 12.3 Å². The highest BCUT2D eigenvalue weighted by molar-refractivity contribution is 9.11. The Bertz CT molecular complexity index is 357. The Morgan fingerprint density at radius 1 is 1.50 bits per heavy atom. The summed E-state index contributed by atoms with van der Waals surface area (Å²) >= 11 is 3.27. The van der Waals surface area contributed by atoms with E-state index < -0.39 is 6.04 Å². The lowest BCUT2D eigenvalue weighted by molar-refractivity contribution is -0.150. The topological polar surface area (TPSA) is 49.4 Å². The van der Waals surface area contributed by atoms with E-state index in [4.69, 9.17) is 0 Å². The van der Waals surface area contributed by atoms with Gasteiger partial charge in [-0.15, -0.1) is 0 Å². The molecule has 0 aliphatic carbocycles. The van der Waals surface area contributed by atoms with Crippen LogP contribution in [0, 0.1) is 5.92 Å². The van der Waals surface area contributed by atoms with Gasteiger partial charge in [-0.3, -0.25) is 9.59 Å². The number of hydrogen-bond acceptors (Lipinski definition) is 2. The monoisotopic (exact) mass is 316 g/mol. The molecule has 102 valence electrons. The van der Waals surface area contributed by atoms with Gasteiger partial charge in [-0.25, -0.2) is 0 Å². The van der Waals surface area contributed by atoms with Crippen LogP contribution in [0.4, 0.5) is 0 Å². The lowest BCUT2D eigenvalue weighted by atomic mass is 9.93. The minimum Gasteiger partial charge on any atom is -0.342 e. The van der Waals surface area contributed by atoms with E-state index in [9.17, 15) is 9.59 Å². The Morgan fingerprint density at radius 2 is 2.11 bits per heavy atom. The number of carbonyl (C=O) groups excluding carboxylic acids is 2. The molecule has 4 nitrogen and oxygen atoms in total. The van der Waals surface area contributed by atoms with E-state index in [0.717, 1.165) is 6.42 Å². The van der Waals surface area contributed by atoms with E-state index >= 15 is 0 Å². The molecule has 3 atom stereocenters. The van der Waals surface area contributed by atoms with E-state index in [1.165, 1.54) is 0 Å². The van der Waals surface area contributed by atoms with Crippen LogP contribution in [0.1, 0.15) is 33.6 Å². The summed E-state index contributed by atoms with van der Waals surface area (Å²) in [6.07, 6.45) is 1.47. The van der Waals surface area contributed by atoms with Gasteiger partial charge in [0, 0.05) is 4.48 Å². The largest absolute Gasteiger partial charge is 0.342 e. The van der Waals surface area contributed by atoms with Gasteiger partial charge in [0.1, 0.15) is 12.1 Å². The van der Waals surface area contributed by atoms with E-state index in [1.807, 2.05) is 20.8 Å². The molecule has 0 aromatic rings. The van der Waals surface area contributed by atoms with Gasteiger partial charge in [0.05, 0.1) is 6.54 Å². The third kappa shape index (κ3) is 3.13. The molecule has 2 amide bonds. The molecular formula is C13H21BrN2O2. The maximum Gasteiger partial charge on any atom is 0.246 e. The SMILES string of the molecule is C=C(Br)CN1C(=O)C(C(C)CC)NC(=O)C1CC. The van der Waals surface area contributed by atoms with Crippen molar-refractivity contribution < 1.29 is 9.59 Å². The highest BCUT2D eigenvalue weighted by Crippen LogP contribution is 2.21. The second-order valence-electron chi connectivity index (χ2n) is 4.78. The van der Waals surface area contributed by atoms with Crippen LogP contribution in [0.5, 0.6) is 0 Å². The summed E-state index contributed by atoms with van der Waals surface area (Å²) in [5.74, 6) is 0.0814. The zero-order valence-corrected chi connectivity index (χ0v) is 12.8. The minimum absolute atomic E-state index is 0.00333. The lowest BCUT2D eigenvalue weighted by Gasteiger charge is -2.40. The number of nitrogens with zero attached hydrogens (tertiary/aromatic N) is 1. The molecule has 0 bridgehead atoms. The third-order valence-electron chi connectivity index (χ3n) is 3.47. The molecule has 1 rings (SSSR count). The van der Waals surface area contributed by atoms with Gasteiger partial charge in [-0.2, -0.15) is 0 Å². The summed E-state index contributed by atoms with van der Waals surface area (Å²) in [6, 6.07) is -0.788. The van der Waals surface area contributed by atoms with Gasteiger partial charge in [0.25, 0.3) is 0 Å². The van der Waals surface area contributed by atoms with Crippen molar-refractivity contribution >= 4 is 27.7 Å². The predicted molar refractivity (Wildman–Crippen MR) is 75.2 cm³/mol. The van der Waals surface area contributed by atoms with Crippen molar-refractivity contribution in [3.05, 3.63) is 11.1 Å². The van der Waals surface area contributed by atoms with Crippen molar-refractivity contribution in [2.24, 2.45) is 5.92 Å². The van der Waals surface area contributed by atoms with Crippen LogP contribution in [0.15, 0.2) is 11.1 Å². The Labute approximate surface area is 117 Å². The summed E-state index contributed by atoms with van der Waals surface area (Å²) in [5, 5.41) is 2.85. The van der Waals surface area contributed by atoms with E-state index in [2.05, 4.69) is 27.8 Å². The first-order chi connectivity index (χ1) is 8.42. The first-order valence-corrected chi connectivity index (χ1v) is 7.15. The van der Waals surface area contributed by atoms with Crippen LogP contribution in [-0.2, 0) is 9.59 Å². The summed E-state index contributed by atoms with van der Waals surface area (Å²) in [6.45, 7) is 10.1. The molecule has 1 saturated heterocycles. The average Bonchev–Trinajstić information content (AvgIpc) is 2.32. The molecule has 0 aromatic heterocycles. The molecule has 0 radical (unpaired) electrons. The molecule has 0 spiro atoms. The van der Waals surface area contributed by atoms with E-state index in [-0.39, 0.29) is 23.8 Å². The second-order valence-corrected chi connectivity index (χ2v) is 5.90. The van der Waals surface area contributed by atoms with Gasteiger partial charge in [-0.1, -0.05) is 49.7 Å². The molecule has 1 aliphatic rings. The van der Waals surface area contributed by atoms with Crippen LogP contribution in [0.25, 0.3) is 0 Å². The van der Waals surface area contributed by atoms with Crippen molar-refractivity contribution in [2.75, 3.05) is 6.54 Å². The molecule has 1 heterocycles. The summed E-state index contributed by atoms with van der Waals surface area (Å²) in [5.41, 5.74) is 0. The van der Waals surface area contributed by atoms with Gasteiger partial charge in [0.2, 0.25) is 11.8 Å². The zero-order chi connectivity index (χ0) is 13.9. The molecule has 0 saturated carbocycles. The van der Waals surface area contributed by atoms with E-state index in [0.29, 0.717) is 17.4 Å². The van der Waals surface area contributed by atoms with Crippen LogP contribution in [-0.4, -0.2) is 35.3 Å². The molecule has 1 aliphatic heterocycles. The molecular weight excluding hydrogens is 296 g/mol. The Balaban J connectivity index is 2.96. The highest BCUT2D eigenvalue weighted by Gasteiger charge is 2.41. The van der Waals surface area contributed by atoms with Crippen molar-refractivity contribution in [2.45, 2.75) is 45.7 Å². The fourth-order valence-electron chi connectivity index (χ4n) is 2.19. The van der Waals surface area contributed by atoms with E-state index in [1.54, 1.807) is 4.90 Å². The van der Waals surface area contributed by atoms with Crippen LogP contribution >= 0.6 is 15.9 Å². The normalized spacial score (nSPS) is 25.9. The van der Waals surface area contributed by atoms with Gasteiger partial charge < -0.3 is 10.2 Å². The number of piperazine rings is 1. The smallest absolute Gasteiger partial charge is 0.246 e. The van der Waals surface area contributed by atoms with Crippen LogP contribution < -0.4 is 5.32 Å². The van der Waals surface area contributed by atoms with Gasteiger partial charge >= 0.3 is 0 Å². The van der Waals surface area contributed by atoms with Crippen LogP contribution in [0.2, 0.25) is 0 Å². The Kier molecular flexibility index (Phi) is 5.38. The molecule has 0 aromatic carbocycles. The van der Waals surface area contributed by atoms with Crippen molar-refractivity contribution in [1.82, 2.24) is 10.2 Å². The second kappa shape index (κ2) is 6.36. The average molecular weight is 317 g/mol. The Morgan fingerprint density at radius 3 is 2.56 bits per heavy atom. The fraction of sp³-hybridized carbons (Fsp3) is 0.692. The fourth-order valence-corrected chi connectivity index (χ4v) is 2.46. The number of hydrogen-bond donors (Lipinski definition) is 1. The zero-order valence-electron chi connectivity index (χ0n) is 11.2. The Hall–Kier alpha value is -0.840. The standard InChI is InChI=1S/C13H21BrN2O2/c1-5-8(3)11-13(18)16(7-9(4)14)10(6-2)12(17)15-11/h8,10-11H,4-7H2,1-3H3,(H,15,17). The number of halogens is 1.